The SMILES string of the molecule is COc1ccc(C(=O)[C@H](OC(=O)CCC(=O)Nc2ccc(Br)c3cccnc23)c2ccccc2)cc1. The Hall–Kier alpha value is -4.04. The van der Waals surface area contributed by atoms with E-state index < -0.39 is 12.1 Å². The molecule has 1 aromatic heterocycles. The number of hydrogen-bond donors (Lipinski definition) is 1. The lowest BCUT2D eigenvalue weighted by molar-refractivity contribution is -0.148. The van der Waals surface area contributed by atoms with Crippen molar-refractivity contribution in [1.29, 1.82) is 0 Å². The summed E-state index contributed by atoms with van der Waals surface area (Å²) < 4.78 is 11.6. The van der Waals surface area contributed by atoms with E-state index in [1.165, 1.54) is 7.11 Å². The fraction of sp³-hybridized carbons (Fsp3) is 0.143. The normalized spacial score (nSPS) is 11.5. The number of amides is 1. The molecule has 1 atom stereocenters. The molecule has 0 unspecified atom stereocenters. The Morgan fingerprint density at radius 3 is 2.39 bits per heavy atom. The Balaban J connectivity index is 1.43. The molecule has 0 saturated carbocycles. The minimum Gasteiger partial charge on any atom is -0.497 e. The molecule has 0 aliphatic heterocycles. The highest BCUT2D eigenvalue weighted by molar-refractivity contribution is 9.10. The number of rotatable bonds is 9. The van der Waals surface area contributed by atoms with Gasteiger partial charge in [-0.2, -0.15) is 0 Å². The van der Waals surface area contributed by atoms with Gasteiger partial charge in [-0.3, -0.25) is 19.4 Å². The maximum Gasteiger partial charge on any atom is 0.307 e. The molecule has 1 amide bonds. The zero-order valence-electron chi connectivity index (χ0n) is 19.4. The fourth-order valence-electron chi connectivity index (χ4n) is 3.66. The van der Waals surface area contributed by atoms with Crippen LogP contribution in [0.1, 0.15) is 34.9 Å². The summed E-state index contributed by atoms with van der Waals surface area (Å²) in [6.45, 7) is 0. The largest absolute Gasteiger partial charge is 0.497 e. The van der Waals surface area contributed by atoms with Gasteiger partial charge < -0.3 is 14.8 Å². The molecule has 0 radical (unpaired) electrons. The van der Waals surface area contributed by atoms with Gasteiger partial charge in [-0.25, -0.2) is 0 Å². The number of nitrogens with zero attached hydrogens (tertiary/aromatic N) is 1. The summed E-state index contributed by atoms with van der Waals surface area (Å²) >= 11 is 3.48. The molecule has 1 heterocycles. The van der Waals surface area contributed by atoms with E-state index in [-0.39, 0.29) is 24.5 Å². The van der Waals surface area contributed by atoms with Crippen LogP contribution in [0.5, 0.6) is 5.75 Å². The van der Waals surface area contributed by atoms with E-state index in [0.29, 0.717) is 28.1 Å². The number of halogens is 1. The number of ether oxygens (including phenoxy) is 2. The van der Waals surface area contributed by atoms with Crippen molar-refractivity contribution in [3.8, 4) is 5.75 Å². The molecule has 0 spiro atoms. The van der Waals surface area contributed by atoms with Gasteiger partial charge in [-0.1, -0.05) is 52.3 Å². The van der Waals surface area contributed by atoms with Crippen LogP contribution in [0.3, 0.4) is 0 Å². The topological polar surface area (TPSA) is 94.6 Å². The molecule has 0 fully saturated rings. The summed E-state index contributed by atoms with van der Waals surface area (Å²) in [7, 11) is 1.54. The second-order valence-corrected chi connectivity index (χ2v) is 8.77. The second-order valence-electron chi connectivity index (χ2n) is 7.92. The third-order valence-corrected chi connectivity index (χ3v) is 6.20. The van der Waals surface area contributed by atoms with Gasteiger partial charge in [0.05, 0.1) is 24.7 Å². The number of methoxy groups -OCH3 is 1. The summed E-state index contributed by atoms with van der Waals surface area (Å²) in [4.78, 5) is 42.8. The van der Waals surface area contributed by atoms with E-state index in [9.17, 15) is 14.4 Å². The highest BCUT2D eigenvalue weighted by Crippen LogP contribution is 2.29. The summed E-state index contributed by atoms with van der Waals surface area (Å²) in [5, 5.41) is 3.66. The molecule has 36 heavy (non-hydrogen) atoms. The number of esters is 1. The first-order valence-corrected chi connectivity index (χ1v) is 12.0. The van der Waals surface area contributed by atoms with E-state index in [4.69, 9.17) is 9.47 Å². The van der Waals surface area contributed by atoms with Crippen molar-refractivity contribution in [3.05, 3.63) is 101 Å². The van der Waals surface area contributed by atoms with Crippen LogP contribution in [0.4, 0.5) is 5.69 Å². The first kappa shape index (κ1) is 25.1. The molecule has 0 bridgehead atoms. The Kier molecular flexibility index (Phi) is 8.07. The van der Waals surface area contributed by atoms with Crippen LogP contribution in [-0.2, 0) is 14.3 Å². The van der Waals surface area contributed by atoms with E-state index in [0.717, 1.165) is 9.86 Å². The van der Waals surface area contributed by atoms with Gasteiger partial charge in [0.25, 0.3) is 0 Å². The third-order valence-electron chi connectivity index (χ3n) is 5.51. The number of aromatic nitrogens is 1. The van der Waals surface area contributed by atoms with Crippen molar-refractivity contribution in [2.45, 2.75) is 18.9 Å². The lowest BCUT2D eigenvalue weighted by atomic mass is 9.99. The molecule has 7 nitrogen and oxygen atoms in total. The zero-order valence-corrected chi connectivity index (χ0v) is 21.0. The number of pyridine rings is 1. The number of Topliss-reactive ketones (excluding diaryl/α,β-unsaturated/α-hetero) is 1. The lowest BCUT2D eigenvalue weighted by Gasteiger charge is -2.18. The zero-order chi connectivity index (χ0) is 25.5. The number of hydrogen-bond acceptors (Lipinski definition) is 6. The molecular weight excluding hydrogens is 524 g/mol. The van der Waals surface area contributed by atoms with Crippen LogP contribution in [0.25, 0.3) is 10.9 Å². The van der Waals surface area contributed by atoms with Crippen molar-refractivity contribution in [2.24, 2.45) is 0 Å². The molecule has 0 aliphatic rings. The Labute approximate surface area is 216 Å². The van der Waals surface area contributed by atoms with Crippen molar-refractivity contribution < 1.29 is 23.9 Å². The monoisotopic (exact) mass is 546 g/mol. The molecule has 0 saturated heterocycles. The van der Waals surface area contributed by atoms with Crippen molar-refractivity contribution in [1.82, 2.24) is 4.98 Å². The quantitative estimate of drug-likeness (QED) is 0.207. The number of anilines is 1. The third kappa shape index (κ3) is 5.95. The van der Waals surface area contributed by atoms with Gasteiger partial charge in [0.1, 0.15) is 5.75 Å². The predicted octanol–water partition coefficient (Wildman–Crippen LogP) is 5.89. The molecule has 8 heteroatoms. The Morgan fingerprint density at radius 2 is 1.67 bits per heavy atom. The minimum atomic E-state index is -1.13. The maximum atomic E-state index is 13.2. The number of fused-ring (bicyclic) bond motifs is 1. The Morgan fingerprint density at radius 1 is 0.917 bits per heavy atom. The van der Waals surface area contributed by atoms with Crippen LogP contribution in [0.15, 0.2) is 89.5 Å². The molecule has 0 aliphatic carbocycles. The highest BCUT2D eigenvalue weighted by Gasteiger charge is 2.26. The summed E-state index contributed by atoms with van der Waals surface area (Å²) in [6.07, 6.45) is 0.217. The number of nitrogens with one attached hydrogen (secondary N) is 1. The molecule has 4 rings (SSSR count). The van der Waals surface area contributed by atoms with E-state index in [1.807, 2.05) is 24.3 Å². The first-order chi connectivity index (χ1) is 17.5. The average Bonchev–Trinajstić information content (AvgIpc) is 2.92. The Bertz CT molecular complexity index is 1390. The van der Waals surface area contributed by atoms with E-state index >= 15 is 0 Å². The summed E-state index contributed by atoms with van der Waals surface area (Å²) in [6, 6.07) is 22.6. The van der Waals surface area contributed by atoms with Crippen LogP contribution >= 0.6 is 15.9 Å². The van der Waals surface area contributed by atoms with Crippen molar-refractivity contribution >= 4 is 50.2 Å². The smallest absolute Gasteiger partial charge is 0.307 e. The standard InChI is InChI=1S/C28H23BrN2O5/c1-35-20-11-9-18(10-12-20)27(34)28(19-6-3-2-4-7-19)36-25(33)16-15-24(32)31-23-14-13-22(29)21-8-5-17-30-26(21)23/h2-14,17,28H,15-16H2,1H3,(H,31,32)/t28-/m1/s1. The number of ketones is 1. The molecule has 4 aromatic rings. The van der Waals surface area contributed by atoms with Crippen LogP contribution < -0.4 is 10.1 Å². The van der Waals surface area contributed by atoms with Crippen molar-refractivity contribution in [3.63, 3.8) is 0 Å². The number of carbonyl (C=O) groups excluding carboxylic acids is 3. The molecule has 182 valence electrons. The highest BCUT2D eigenvalue weighted by atomic mass is 79.9. The molecular formula is C28H23BrN2O5. The molecule has 3 aromatic carbocycles. The van der Waals surface area contributed by atoms with Crippen LogP contribution in [0.2, 0.25) is 0 Å². The van der Waals surface area contributed by atoms with Gasteiger partial charge in [0.2, 0.25) is 11.7 Å². The number of benzene rings is 3. The minimum absolute atomic E-state index is 0.110. The fourth-order valence-corrected chi connectivity index (χ4v) is 4.12. The average molecular weight is 547 g/mol. The lowest BCUT2D eigenvalue weighted by Crippen LogP contribution is -2.21. The first-order valence-electron chi connectivity index (χ1n) is 11.2. The summed E-state index contributed by atoms with van der Waals surface area (Å²) in [5.41, 5.74) is 2.11. The van der Waals surface area contributed by atoms with Gasteiger partial charge in [0, 0.05) is 33.6 Å². The number of carbonyl (C=O) groups is 3. The van der Waals surface area contributed by atoms with E-state index in [1.54, 1.807) is 60.8 Å². The summed E-state index contributed by atoms with van der Waals surface area (Å²) in [5.74, 6) is -0.771. The van der Waals surface area contributed by atoms with Crippen LogP contribution in [-0.4, -0.2) is 29.8 Å². The van der Waals surface area contributed by atoms with E-state index in [2.05, 4.69) is 26.2 Å². The van der Waals surface area contributed by atoms with Gasteiger partial charge in [-0.05, 0) is 42.5 Å². The van der Waals surface area contributed by atoms with Gasteiger partial charge in [0.15, 0.2) is 6.10 Å². The predicted molar refractivity (Wildman–Crippen MR) is 140 cm³/mol. The van der Waals surface area contributed by atoms with Crippen molar-refractivity contribution in [2.75, 3.05) is 12.4 Å². The van der Waals surface area contributed by atoms with Crippen LogP contribution in [0, 0.1) is 0 Å². The maximum absolute atomic E-state index is 13.2. The van der Waals surface area contributed by atoms with Gasteiger partial charge >= 0.3 is 5.97 Å². The molecule has 1 N–H and O–H groups in total. The second kappa shape index (κ2) is 11.6. The van der Waals surface area contributed by atoms with Gasteiger partial charge in [-0.15, -0.1) is 0 Å².